The van der Waals surface area contributed by atoms with E-state index in [2.05, 4.69) is 0 Å². The van der Waals surface area contributed by atoms with E-state index in [4.69, 9.17) is 10.2 Å². The van der Waals surface area contributed by atoms with Crippen molar-refractivity contribution in [1.29, 1.82) is 0 Å². The lowest BCUT2D eigenvalue weighted by atomic mass is 10.2. The van der Waals surface area contributed by atoms with Crippen molar-refractivity contribution in [1.82, 2.24) is 4.57 Å². The Bertz CT molecular complexity index is 406. The van der Waals surface area contributed by atoms with Crippen molar-refractivity contribution in [2.24, 2.45) is 0 Å². The van der Waals surface area contributed by atoms with Gasteiger partial charge < -0.3 is 14.8 Å². The molecule has 0 aliphatic rings. The number of nitrogens with zero attached hydrogens (tertiary/aromatic N) is 1. The van der Waals surface area contributed by atoms with Crippen LogP contribution in [0.5, 0.6) is 0 Å². The summed E-state index contributed by atoms with van der Waals surface area (Å²) in [7, 11) is 0. The van der Waals surface area contributed by atoms with Crippen LogP contribution in [0.4, 0.5) is 0 Å². The maximum atomic E-state index is 10.9. The number of aromatic carboxylic acids is 1. The van der Waals surface area contributed by atoms with E-state index in [0.717, 1.165) is 0 Å². The average Bonchev–Trinajstić information content (AvgIpc) is 2.37. The second kappa shape index (κ2) is 4.16. The van der Waals surface area contributed by atoms with Gasteiger partial charge in [-0.1, -0.05) is 0 Å². The Hall–Kier alpha value is -1.78. The fourth-order valence-electron chi connectivity index (χ4n) is 1.60. The minimum absolute atomic E-state index is 0.00593. The van der Waals surface area contributed by atoms with Crippen LogP contribution in [-0.2, 0) is 11.3 Å². The van der Waals surface area contributed by atoms with Gasteiger partial charge in [-0.2, -0.15) is 0 Å². The third kappa shape index (κ3) is 2.37. The van der Waals surface area contributed by atoms with E-state index in [0.29, 0.717) is 17.8 Å². The number of hydrogen-bond acceptors (Lipinski definition) is 2. The van der Waals surface area contributed by atoms with Crippen LogP contribution in [0.15, 0.2) is 6.20 Å². The zero-order valence-corrected chi connectivity index (χ0v) is 8.65. The van der Waals surface area contributed by atoms with Crippen LogP contribution in [0.1, 0.15) is 28.0 Å². The molecule has 1 rings (SSSR count). The molecular formula is C10H13NO4. The molecule has 0 amide bonds. The number of carboxylic acid groups (broad SMARTS) is 2. The second-order valence-electron chi connectivity index (χ2n) is 3.41. The number of hydrogen-bond donors (Lipinski definition) is 2. The molecule has 0 radical (unpaired) electrons. The summed E-state index contributed by atoms with van der Waals surface area (Å²) in [4.78, 5) is 21.2. The van der Waals surface area contributed by atoms with Crippen LogP contribution in [0.3, 0.4) is 0 Å². The van der Waals surface area contributed by atoms with Gasteiger partial charge in [0.1, 0.15) is 0 Å². The van der Waals surface area contributed by atoms with E-state index in [1.165, 1.54) is 0 Å². The second-order valence-corrected chi connectivity index (χ2v) is 3.41. The maximum Gasteiger partial charge on any atom is 0.337 e. The lowest BCUT2D eigenvalue weighted by Crippen LogP contribution is -2.06. The van der Waals surface area contributed by atoms with Crippen LogP contribution in [0.2, 0.25) is 0 Å². The van der Waals surface area contributed by atoms with Crippen molar-refractivity contribution < 1.29 is 19.8 Å². The van der Waals surface area contributed by atoms with E-state index in [-0.39, 0.29) is 12.0 Å². The molecule has 82 valence electrons. The third-order valence-corrected chi connectivity index (χ3v) is 2.32. The van der Waals surface area contributed by atoms with Gasteiger partial charge in [-0.15, -0.1) is 0 Å². The number of aryl methyl sites for hydroxylation is 2. The molecule has 0 aliphatic heterocycles. The van der Waals surface area contributed by atoms with Crippen LogP contribution in [0, 0.1) is 13.8 Å². The minimum Gasteiger partial charge on any atom is -0.481 e. The first-order chi connectivity index (χ1) is 6.93. The number of carboxylic acids is 2. The van der Waals surface area contributed by atoms with E-state index in [1.54, 1.807) is 24.6 Å². The van der Waals surface area contributed by atoms with E-state index < -0.39 is 11.9 Å². The topological polar surface area (TPSA) is 79.5 Å². The molecule has 15 heavy (non-hydrogen) atoms. The summed E-state index contributed by atoms with van der Waals surface area (Å²) in [6, 6.07) is 0. The highest BCUT2D eigenvalue weighted by molar-refractivity contribution is 5.90. The lowest BCUT2D eigenvalue weighted by molar-refractivity contribution is -0.137. The molecule has 0 fully saturated rings. The normalized spacial score (nSPS) is 10.3. The molecule has 2 N–H and O–H groups in total. The lowest BCUT2D eigenvalue weighted by Gasteiger charge is -2.03. The Morgan fingerprint density at radius 3 is 2.33 bits per heavy atom. The molecule has 0 bridgehead atoms. The molecule has 5 nitrogen and oxygen atoms in total. The van der Waals surface area contributed by atoms with Crippen molar-refractivity contribution in [2.75, 3.05) is 0 Å². The summed E-state index contributed by atoms with van der Waals surface area (Å²) in [5, 5.41) is 17.4. The van der Waals surface area contributed by atoms with Crippen LogP contribution in [-0.4, -0.2) is 26.7 Å². The standard InChI is InChI=1S/C10H13NO4/c1-6-5-11(4-3-8(12)13)7(2)9(6)10(14)15/h5H,3-4H2,1-2H3,(H,12,13)(H,14,15). The van der Waals surface area contributed by atoms with Crippen LogP contribution < -0.4 is 0 Å². The highest BCUT2D eigenvalue weighted by Gasteiger charge is 2.15. The van der Waals surface area contributed by atoms with Crippen LogP contribution in [0.25, 0.3) is 0 Å². The smallest absolute Gasteiger partial charge is 0.337 e. The van der Waals surface area contributed by atoms with Crippen molar-refractivity contribution >= 4 is 11.9 Å². The Balaban J connectivity index is 2.96. The summed E-state index contributed by atoms with van der Waals surface area (Å²) < 4.78 is 1.66. The largest absolute Gasteiger partial charge is 0.481 e. The first kappa shape index (κ1) is 11.3. The zero-order chi connectivity index (χ0) is 11.6. The van der Waals surface area contributed by atoms with Gasteiger partial charge in [0.25, 0.3) is 0 Å². The predicted molar refractivity (Wildman–Crippen MR) is 53.1 cm³/mol. The first-order valence-electron chi connectivity index (χ1n) is 4.55. The van der Waals surface area contributed by atoms with Crippen molar-refractivity contribution in [3.05, 3.63) is 23.0 Å². The van der Waals surface area contributed by atoms with Gasteiger partial charge in [-0.3, -0.25) is 4.79 Å². The van der Waals surface area contributed by atoms with Crippen molar-refractivity contribution in [2.45, 2.75) is 26.8 Å². The molecule has 0 unspecified atom stereocenters. The predicted octanol–water partition coefficient (Wildman–Crippen LogP) is 1.28. The molecule has 0 aliphatic carbocycles. The van der Waals surface area contributed by atoms with Gasteiger partial charge >= 0.3 is 11.9 Å². The van der Waals surface area contributed by atoms with Gasteiger partial charge in [0.2, 0.25) is 0 Å². The van der Waals surface area contributed by atoms with Crippen LogP contribution >= 0.6 is 0 Å². The molecule has 1 aromatic heterocycles. The summed E-state index contributed by atoms with van der Waals surface area (Å²) in [5.41, 5.74) is 1.52. The Labute approximate surface area is 87.0 Å². The molecule has 5 heteroatoms. The minimum atomic E-state index is -0.973. The molecular weight excluding hydrogens is 198 g/mol. The van der Waals surface area contributed by atoms with E-state index >= 15 is 0 Å². The summed E-state index contributed by atoms with van der Waals surface area (Å²) in [6.45, 7) is 3.68. The highest BCUT2D eigenvalue weighted by atomic mass is 16.4. The number of aliphatic carboxylic acids is 1. The maximum absolute atomic E-state index is 10.9. The Kier molecular flexibility index (Phi) is 3.14. The van der Waals surface area contributed by atoms with Gasteiger partial charge in [0, 0.05) is 18.4 Å². The molecule has 0 atom stereocenters. The quantitative estimate of drug-likeness (QED) is 0.786. The summed E-state index contributed by atoms with van der Waals surface area (Å²) in [5.74, 6) is -1.86. The molecule has 0 aromatic carbocycles. The number of aromatic nitrogens is 1. The molecule has 0 spiro atoms. The third-order valence-electron chi connectivity index (χ3n) is 2.32. The number of carbonyl (C=O) groups is 2. The SMILES string of the molecule is Cc1cn(CCC(=O)O)c(C)c1C(=O)O. The molecule has 1 heterocycles. The summed E-state index contributed by atoms with van der Waals surface area (Å²) >= 11 is 0. The molecule has 0 saturated heterocycles. The van der Waals surface area contributed by atoms with Gasteiger partial charge in [0.05, 0.1) is 12.0 Å². The van der Waals surface area contributed by atoms with Gasteiger partial charge in [-0.25, -0.2) is 4.79 Å². The molecule has 1 aromatic rings. The van der Waals surface area contributed by atoms with Gasteiger partial charge in [0.15, 0.2) is 0 Å². The van der Waals surface area contributed by atoms with E-state index in [1.807, 2.05) is 0 Å². The zero-order valence-electron chi connectivity index (χ0n) is 8.65. The van der Waals surface area contributed by atoms with Crippen molar-refractivity contribution in [3.8, 4) is 0 Å². The first-order valence-corrected chi connectivity index (χ1v) is 4.55. The Morgan fingerprint density at radius 1 is 1.33 bits per heavy atom. The fourth-order valence-corrected chi connectivity index (χ4v) is 1.60. The fraction of sp³-hybridized carbons (Fsp3) is 0.400. The Morgan fingerprint density at radius 2 is 1.93 bits per heavy atom. The highest BCUT2D eigenvalue weighted by Crippen LogP contribution is 2.16. The summed E-state index contributed by atoms with van der Waals surface area (Å²) in [6.07, 6.45) is 1.66. The molecule has 0 saturated carbocycles. The number of rotatable bonds is 4. The van der Waals surface area contributed by atoms with Gasteiger partial charge in [-0.05, 0) is 19.4 Å². The monoisotopic (exact) mass is 211 g/mol. The average molecular weight is 211 g/mol. The van der Waals surface area contributed by atoms with Crippen molar-refractivity contribution in [3.63, 3.8) is 0 Å². The van der Waals surface area contributed by atoms with E-state index in [9.17, 15) is 9.59 Å².